The van der Waals surface area contributed by atoms with Crippen molar-refractivity contribution in [2.24, 2.45) is 0 Å². The number of ether oxygens (including phenoxy) is 6. The molecule has 0 fully saturated rings. The largest absolute Gasteiger partial charge is 0.457 e. The minimum atomic E-state index is -0.585. The second kappa shape index (κ2) is 33.3. The van der Waals surface area contributed by atoms with Crippen LogP contribution in [0.15, 0.2) is 267 Å². The lowest BCUT2D eigenvalue weighted by Gasteiger charge is -2.34. The molecular formula is C132H114N2O12. The van der Waals surface area contributed by atoms with Gasteiger partial charge in [-0.2, -0.15) is 0 Å². The van der Waals surface area contributed by atoms with Gasteiger partial charge in [0, 0.05) is 54.2 Å². The van der Waals surface area contributed by atoms with Crippen LogP contribution < -0.4 is 38.2 Å². The average Bonchev–Trinajstić information content (AvgIpc) is 1.24. The molecule has 21 aromatic carbocycles. The molecule has 0 N–H and O–H groups in total. The third-order valence-electron chi connectivity index (χ3n) is 30.4. The van der Waals surface area contributed by atoms with E-state index in [0.29, 0.717) is 123 Å². The van der Waals surface area contributed by atoms with E-state index in [2.05, 4.69) is 242 Å². The molecule has 14 nitrogen and oxygen atoms in total. The van der Waals surface area contributed by atoms with Gasteiger partial charge in [-0.1, -0.05) is 273 Å². The molecule has 0 bridgehead atoms. The monoisotopic (exact) mass is 1920 g/mol. The Hall–Kier alpha value is -16.1. The van der Waals surface area contributed by atoms with Crippen LogP contribution in [-0.4, -0.2) is 35.6 Å². The summed E-state index contributed by atoms with van der Waals surface area (Å²) in [5.74, 6) is 0.202. The van der Waals surface area contributed by atoms with Crippen molar-refractivity contribution in [1.82, 2.24) is 0 Å². The van der Waals surface area contributed by atoms with E-state index in [1.165, 1.54) is 9.80 Å². The predicted molar refractivity (Wildman–Crippen MR) is 598 cm³/mol. The van der Waals surface area contributed by atoms with Crippen LogP contribution in [-0.2, 0) is 31.2 Å². The summed E-state index contributed by atoms with van der Waals surface area (Å²) in [6, 6.07) is 83.0. The highest BCUT2D eigenvalue weighted by molar-refractivity contribution is 6.50. The molecule has 724 valence electrons. The molecule has 0 radical (unpaired) electrons. The molecule has 0 aromatic heterocycles. The van der Waals surface area contributed by atoms with Crippen molar-refractivity contribution < 1.29 is 57.2 Å². The molecule has 0 unspecified atom stereocenters. The van der Waals surface area contributed by atoms with Crippen molar-refractivity contribution in [3.05, 3.63) is 334 Å². The summed E-state index contributed by atoms with van der Waals surface area (Å²) in [5.41, 5.74) is 8.83. The number of anilines is 2. The van der Waals surface area contributed by atoms with Gasteiger partial charge in [-0.3, -0.25) is 19.2 Å². The molecule has 14 heteroatoms. The Kier molecular flexibility index (Phi) is 21.3. The van der Waals surface area contributed by atoms with Crippen LogP contribution in [0, 0.1) is 0 Å². The van der Waals surface area contributed by atoms with Gasteiger partial charge in [0.1, 0.15) is 57.5 Å². The van der Waals surface area contributed by atoms with Crippen LogP contribution in [0.5, 0.6) is 57.5 Å². The smallest absolute Gasteiger partial charge is 0.338 e. The normalized spacial score (nSPS) is 13.5. The van der Waals surface area contributed by atoms with E-state index < -0.39 is 35.6 Å². The van der Waals surface area contributed by atoms with Gasteiger partial charge in [0.15, 0.2) is 0 Å². The van der Waals surface area contributed by atoms with E-state index >= 15 is 19.2 Å². The summed E-state index contributed by atoms with van der Waals surface area (Å²) < 4.78 is 41.5. The third kappa shape index (κ3) is 14.7. The number of nitrogens with zero attached hydrogens (tertiary/aromatic N) is 2. The SMILES string of the molecule is C=C(C)C(=O)Oc1cc(C(C)C)c(N2C(=O)c3cc(Oc4ccc(C(C)(C)C)cc4)c4c5ccc6c7cc8ccc9cc%10c(cc9ccc8cc7c7ccc(c8c(Oc9ccc(C(C)(C)C)cc9)cc(c3c48)C2=O)c5c67)c2ccc3c4c(Oc5ccc(C(C)(C)C)cc5)cc5c6c(cc(Oc7ccc(C(C)(C)C)cc7)c(c7ccc%10c2c73)c64)C(=O)N(c2c(C(C)C)cc(OC(=O)C(=C)C)cc2C(C)C)C5=O)c(C(C)C)c1. The van der Waals surface area contributed by atoms with Crippen molar-refractivity contribution in [3.63, 3.8) is 0 Å². The number of amides is 4. The Morgan fingerprint density at radius 3 is 0.644 bits per heavy atom. The Bertz CT molecular complexity index is 8350. The molecule has 4 amide bonds. The zero-order valence-corrected chi connectivity index (χ0v) is 86.6. The molecule has 0 saturated carbocycles. The zero-order chi connectivity index (χ0) is 103. The van der Waals surface area contributed by atoms with Crippen LogP contribution >= 0.6 is 0 Å². The van der Waals surface area contributed by atoms with E-state index in [0.717, 1.165) is 130 Å². The summed E-state index contributed by atoms with van der Waals surface area (Å²) in [6.45, 7) is 53.1. The van der Waals surface area contributed by atoms with Crippen LogP contribution in [0.25, 0.3) is 151 Å². The van der Waals surface area contributed by atoms with Gasteiger partial charge < -0.3 is 28.4 Å². The van der Waals surface area contributed by atoms with E-state index in [1.807, 2.05) is 128 Å². The van der Waals surface area contributed by atoms with Crippen molar-refractivity contribution in [2.75, 3.05) is 9.80 Å². The fourth-order valence-corrected chi connectivity index (χ4v) is 22.8. The molecule has 0 aliphatic carbocycles. The maximum atomic E-state index is 16.5. The van der Waals surface area contributed by atoms with Crippen LogP contribution in [0.4, 0.5) is 11.4 Å². The number of hydrogen-bond donors (Lipinski definition) is 0. The first-order valence-corrected chi connectivity index (χ1v) is 50.7. The van der Waals surface area contributed by atoms with Gasteiger partial charge in [-0.05, 0) is 333 Å². The van der Waals surface area contributed by atoms with Crippen molar-refractivity contribution in [1.29, 1.82) is 0 Å². The molecule has 146 heavy (non-hydrogen) atoms. The Morgan fingerprint density at radius 1 is 0.240 bits per heavy atom. The van der Waals surface area contributed by atoms with Crippen LogP contribution in [0.1, 0.15) is 262 Å². The van der Waals surface area contributed by atoms with Gasteiger partial charge >= 0.3 is 11.9 Å². The second-order valence-electron chi connectivity index (χ2n) is 45.8. The zero-order valence-electron chi connectivity index (χ0n) is 86.6. The molecule has 0 saturated heterocycles. The Balaban J connectivity index is 0.725. The van der Waals surface area contributed by atoms with Gasteiger partial charge in [-0.25, -0.2) is 19.4 Å². The first-order chi connectivity index (χ1) is 69.3. The first kappa shape index (κ1) is 93.6. The van der Waals surface area contributed by atoms with E-state index in [-0.39, 0.29) is 90.2 Å². The van der Waals surface area contributed by atoms with Crippen LogP contribution in [0.3, 0.4) is 0 Å². The lowest BCUT2D eigenvalue weighted by atomic mass is 9.82. The summed E-state index contributed by atoms with van der Waals surface area (Å²) in [6.07, 6.45) is 0. The number of fused-ring (bicyclic) bond motifs is 12. The molecule has 23 rings (SSSR count). The standard InChI is InChI=1S/C132H114N2O12/c1-65(2)93-57-83(145-127(139)69(9)10)58-94(66(3)4)121(93)133-123(135)101-61-105(141-79-37-29-75(30-38-79)129(13,14)15)115-89-49-45-85-97-53-71-25-27-73-55-99-87-47-51-91-112-92(52-48-88(110(87)112)100(99)56-74(73)28-26-72(71)54-98(97)86-46-50-90(111(89)109(85)86)116-106(62-102(124(133)136)113(101)119(115)116)142-80-39-31-76(32-40-80)130(16,17)18)118-108(144-82-43-35-78(36-44-82)132(22,23)24)64-104-114-103(63-107(117(91)120(114)118)143-81-41-33-77(34-42-81)131(19,20)21)125(137)134(126(104)138)122-95(67(5)6)59-84(60-96(122)68(7)8)146-128(140)70(11)12/h25-68H,9,11H2,1-8,10,12-24H3. The number of imide groups is 2. The van der Waals surface area contributed by atoms with Crippen molar-refractivity contribution in [3.8, 4) is 57.5 Å². The molecule has 2 aliphatic heterocycles. The average molecular weight is 1920 g/mol. The third-order valence-corrected chi connectivity index (χ3v) is 30.4. The lowest BCUT2D eigenvalue weighted by Crippen LogP contribution is -2.42. The maximum absolute atomic E-state index is 16.5. The van der Waals surface area contributed by atoms with Gasteiger partial charge in [0.25, 0.3) is 23.6 Å². The fraction of sp³-hybridized carbons (Fsp3) is 0.227. The van der Waals surface area contributed by atoms with Crippen molar-refractivity contribution in [2.45, 2.75) is 198 Å². The number of benzene rings is 18. The van der Waals surface area contributed by atoms with E-state index in [1.54, 1.807) is 38.1 Å². The van der Waals surface area contributed by atoms with Gasteiger partial charge in [0.2, 0.25) is 0 Å². The number of carbonyl (C=O) groups excluding carboxylic acids is 6. The molecule has 0 atom stereocenters. The number of carbonyl (C=O) groups is 6. The summed E-state index contributed by atoms with van der Waals surface area (Å²) in [4.78, 5) is 95.4. The fourth-order valence-electron chi connectivity index (χ4n) is 22.8. The molecule has 2 aliphatic rings. The maximum Gasteiger partial charge on any atom is 0.338 e. The molecule has 0 spiro atoms. The van der Waals surface area contributed by atoms with Crippen LogP contribution in [0.2, 0.25) is 0 Å². The second-order valence-corrected chi connectivity index (χ2v) is 45.8. The van der Waals surface area contributed by atoms with E-state index in [4.69, 9.17) is 28.4 Å². The van der Waals surface area contributed by atoms with Gasteiger partial charge in [0.05, 0.1) is 33.6 Å². The minimum Gasteiger partial charge on any atom is -0.457 e. The quantitative estimate of drug-likeness (QED) is 0.0200. The lowest BCUT2D eigenvalue weighted by molar-refractivity contribution is -0.130. The Morgan fingerprint density at radius 2 is 0.445 bits per heavy atom. The van der Waals surface area contributed by atoms with E-state index in [9.17, 15) is 9.59 Å². The Labute approximate surface area is 848 Å². The predicted octanol–water partition coefficient (Wildman–Crippen LogP) is 35.6. The molecular weight excluding hydrogens is 1810 g/mol. The highest BCUT2D eigenvalue weighted by atomic mass is 16.5. The highest BCUT2D eigenvalue weighted by Crippen LogP contribution is 2.60. The van der Waals surface area contributed by atoms with Gasteiger partial charge in [-0.15, -0.1) is 0 Å². The number of rotatable bonds is 18. The summed E-state index contributed by atoms with van der Waals surface area (Å²) >= 11 is 0. The topological polar surface area (TPSA) is 164 Å². The van der Waals surface area contributed by atoms with Crippen molar-refractivity contribution >= 4 is 198 Å². The minimum absolute atomic E-state index is 0.164. The first-order valence-electron chi connectivity index (χ1n) is 50.7. The number of esters is 2. The molecule has 2 heterocycles. The summed E-state index contributed by atoms with van der Waals surface area (Å²) in [5, 5.41) is 25.3. The number of hydrogen-bond acceptors (Lipinski definition) is 12. The summed E-state index contributed by atoms with van der Waals surface area (Å²) in [7, 11) is 0. The molecule has 21 aromatic rings. The highest BCUT2D eigenvalue weighted by Gasteiger charge is 2.45.